The summed E-state index contributed by atoms with van der Waals surface area (Å²) >= 11 is 0. The molecule has 2 N–H and O–H groups in total. The van der Waals surface area contributed by atoms with Crippen LogP contribution in [0.25, 0.3) is 0 Å². The van der Waals surface area contributed by atoms with Crippen LogP contribution in [0.1, 0.15) is 26.3 Å². The maximum Gasteiger partial charge on any atom is 0.141 e. The molecule has 1 heterocycles. The Morgan fingerprint density at radius 3 is 2.47 bits per heavy atom. The van der Waals surface area contributed by atoms with Gasteiger partial charge in [0.1, 0.15) is 5.75 Å². The fourth-order valence-electron chi connectivity index (χ4n) is 1.90. The van der Waals surface area contributed by atoms with E-state index in [9.17, 15) is 0 Å². The third-order valence-electron chi connectivity index (χ3n) is 3.21. The number of anilines is 1. The van der Waals surface area contributed by atoms with Crippen LogP contribution in [0, 0.1) is 0 Å². The number of nitrogens with one attached hydrogen (secondary N) is 2. The fourth-order valence-corrected chi connectivity index (χ4v) is 1.90. The normalized spacial score (nSPS) is 16.5. The molecule has 0 aliphatic carbocycles. The molecule has 2 rings (SSSR count). The Balaban J connectivity index is 2.25. The molecule has 94 valence electrons. The second-order valence-electron chi connectivity index (χ2n) is 5.66. The lowest BCUT2D eigenvalue weighted by Crippen LogP contribution is -2.51. The molecule has 1 aliphatic heterocycles. The quantitative estimate of drug-likeness (QED) is 0.842. The lowest BCUT2D eigenvalue weighted by Gasteiger charge is -2.30. The summed E-state index contributed by atoms with van der Waals surface area (Å²) in [6, 6.07) is 6.92. The van der Waals surface area contributed by atoms with Crippen LogP contribution in [-0.4, -0.2) is 26.2 Å². The van der Waals surface area contributed by atoms with Crippen molar-refractivity contribution in [2.75, 3.05) is 25.5 Å². The molecule has 1 aromatic carbocycles. The molecule has 1 aromatic rings. The third kappa shape index (κ3) is 2.72. The Bertz CT molecular complexity index is 392. The van der Waals surface area contributed by atoms with Gasteiger partial charge < -0.3 is 15.4 Å². The second-order valence-corrected chi connectivity index (χ2v) is 5.66. The van der Waals surface area contributed by atoms with E-state index in [4.69, 9.17) is 4.74 Å². The Morgan fingerprint density at radius 1 is 1.29 bits per heavy atom. The molecule has 3 nitrogen and oxygen atoms in total. The second kappa shape index (κ2) is 4.57. The monoisotopic (exact) mass is 234 g/mol. The highest BCUT2D eigenvalue weighted by molar-refractivity contribution is 5.59. The predicted octanol–water partition coefficient (Wildman–Crippen LogP) is 2.38. The van der Waals surface area contributed by atoms with Gasteiger partial charge in [-0.15, -0.1) is 0 Å². The first kappa shape index (κ1) is 12.2. The van der Waals surface area contributed by atoms with Crippen LogP contribution in [0.15, 0.2) is 18.2 Å². The Hall–Kier alpha value is -1.22. The van der Waals surface area contributed by atoms with Gasteiger partial charge in [0.25, 0.3) is 0 Å². The van der Waals surface area contributed by atoms with E-state index in [-0.39, 0.29) is 5.41 Å². The maximum atomic E-state index is 5.40. The molecule has 0 amide bonds. The largest absolute Gasteiger partial charge is 0.495 e. The minimum Gasteiger partial charge on any atom is -0.495 e. The van der Waals surface area contributed by atoms with Crippen molar-refractivity contribution in [3.63, 3.8) is 0 Å². The zero-order valence-electron chi connectivity index (χ0n) is 11.1. The summed E-state index contributed by atoms with van der Waals surface area (Å²) < 4.78 is 5.40. The first-order valence-corrected chi connectivity index (χ1v) is 6.16. The number of benzene rings is 1. The number of ether oxygens (including phenoxy) is 1. The summed E-state index contributed by atoms with van der Waals surface area (Å²) in [4.78, 5) is 0. The van der Waals surface area contributed by atoms with Crippen LogP contribution in [-0.2, 0) is 5.41 Å². The van der Waals surface area contributed by atoms with E-state index in [0.29, 0.717) is 6.04 Å². The summed E-state index contributed by atoms with van der Waals surface area (Å²) in [6.45, 7) is 8.74. The van der Waals surface area contributed by atoms with Gasteiger partial charge in [-0.25, -0.2) is 0 Å². The zero-order valence-corrected chi connectivity index (χ0v) is 11.1. The summed E-state index contributed by atoms with van der Waals surface area (Å²) in [6.07, 6.45) is 0. The number of methoxy groups -OCH3 is 1. The van der Waals surface area contributed by atoms with Gasteiger partial charge in [-0.3, -0.25) is 0 Å². The van der Waals surface area contributed by atoms with Gasteiger partial charge in [0.2, 0.25) is 0 Å². The van der Waals surface area contributed by atoms with E-state index < -0.39 is 0 Å². The van der Waals surface area contributed by atoms with Gasteiger partial charge in [-0.2, -0.15) is 0 Å². The minimum absolute atomic E-state index is 0.167. The Morgan fingerprint density at radius 2 is 2.00 bits per heavy atom. The van der Waals surface area contributed by atoms with Crippen molar-refractivity contribution < 1.29 is 4.74 Å². The average Bonchev–Trinajstić information content (AvgIpc) is 2.22. The van der Waals surface area contributed by atoms with E-state index in [2.05, 4.69) is 49.6 Å². The van der Waals surface area contributed by atoms with Crippen LogP contribution in [0.2, 0.25) is 0 Å². The van der Waals surface area contributed by atoms with Crippen molar-refractivity contribution in [3.8, 4) is 5.75 Å². The number of hydrogen-bond acceptors (Lipinski definition) is 3. The van der Waals surface area contributed by atoms with E-state index in [1.54, 1.807) is 7.11 Å². The average molecular weight is 234 g/mol. The lowest BCUT2D eigenvalue weighted by molar-refractivity contribution is 0.412. The molecule has 0 spiro atoms. The molecule has 17 heavy (non-hydrogen) atoms. The van der Waals surface area contributed by atoms with Crippen molar-refractivity contribution in [3.05, 3.63) is 23.8 Å². The molecular weight excluding hydrogens is 212 g/mol. The van der Waals surface area contributed by atoms with Gasteiger partial charge >= 0.3 is 0 Å². The van der Waals surface area contributed by atoms with Gasteiger partial charge in [0, 0.05) is 13.1 Å². The van der Waals surface area contributed by atoms with Crippen molar-refractivity contribution in [2.45, 2.75) is 32.2 Å². The molecule has 0 aromatic heterocycles. The third-order valence-corrected chi connectivity index (χ3v) is 3.21. The summed E-state index contributed by atoms with van der Waals surface area (Å²) in [5, 5.41) is 6.78. The number of rotatable bonds is 3. The molecule has 0 radical (unpaired) electrons. The smallest absolute Gasteiger partial charge is 0.141 e. The summed E-state index contributed by atoms with van der Waals surface area (Å²) in [7, 11) is 1.72. The molecular formula is C14H22N2O. The molecule has 0 bridgehead atoms. The first-order valence-electron chi connectivity index (χ1n) is 6.16. The van der Waals surface area contributed by atoms with E-state index in [1.807, 2.05) is 0 Å². The molecule has 1 fully saturated rings. The first-order chi connectivity index (χ1) is 8.00. The summed E-state index contributed by atoms with van der Waals surface area (Å²) in [5.74, 6) is 0.921. The molecule has 1 aliphatic rings. The lowest BCUT2D eigenvalue weighted by atomic mass is 9.86. The SMILES string of the molecule is COc1ccc(C(C)(C)C)cc1NC1CNC1. The van der Waals surface area contributed by atoms with Gasteiger partial charge in [0.05, 0.1) is 18.8 Å². The number of hydrogen-bond donors (Lipinski definition) is 2. The van der Waals surface area contributed by atoms with E-state index >= 15 is 0 Å². The van der Waals surface area contributed by atoms with Gasteiger partial charge in [0.15, 0.2) is 0 Å². The summed E-state index contributed by atoms with van der Waals surface area (Å²) in [5.41, 5.74) is 2.60. The predicted molar refractivity (Wildman–Crippen MR) is 72.0 cm³/mol. The van der Waals surface area contributed by atoms with Crippen LogP contribution in [0.5, 0.6) is 5.75 Å². The van der Waals surface area contributed by atoms with Gasteiger partial charge in [-0.1, -0.05) is 26.8 Å². The molecule has 0 atom stereocenters. The Labute approximate surface area is 104 Å². The van der Waals surface area contributed by atoms with E-state index in [0.717, 1.165) is 24.5 Å². The van der Waals surface area contributed by atoms with Crippen LogP contribution < -0.4 is 15.4 Å². The van der Waals surface area contributed by atoms with Gasteiger partial charge in [-0.05, 0) is 23.1 Å². The van der Waals surface area contributed by atoms with Crippen LogP contribution >= 0.6 is 0 Å². The molecule has 3 heteroatoms. The van der Waals surface area contributed by atoms with Crippen molar-refractivity contribution in [1.82, 2.24) is 5.32 Å². The molecule has 0 saturated carbocycles. The minimum atomic E-state index is 0.167. The topological polar surface area (TPSA) is 33.3 Å². The zero-order chi connectivity index (χ0) is 12.5. The van der Waals surface area contributed by atoms with Crippen molar-refractivity contribution in [2.24, 2.45) is 0 Å². The van der Waals surface area contributed by atoms with Crippen molar-refractivity contribution in [1.29, 1.82) is 0 Å². The molecule has 1 saturated heterocycles. The highest BCUT2D eigenvalue weighted by atomic mass is 16.5. The van der Waals surface area contributed by atoms with Crippen LogP contribution in [0.4, 0.5) is 5.69 Å². The fraction of sp³-hybridized carbons (Fsp3) is 0.571. The standard InChI is InChI=1S/C14H22N2O/c1-14(2,3)10-5-6-13(17-4)12(7-10)16-11-8-15-9-11/h5-7,11,15-16H,8-9H2,1-4H3. The van der Waals surface area contributed by atoms with E-state index in [1.165, 1.54) is 5.56 Å². The highest BCUT2D eigenvalue weighted by Gasteiger charge is 2.20. The highest BCUT2D eigenvalue weighted by Crippen LogP contribution is 2.31. The maximum absolute atomic E-state index is 5.40. The van der Waals surface area contributed by atoms with Crippen LogP contribution in [0.3, 0.4) is 0 Å². The Kier molecular flexibility index (Phi) is 3.29. The van der Waals surface area contributed by atoms with Crippen molar-refractivity contribution >= 4 is 5.69 Å². The molecule has 0 unspecified atom stereocenters.